The van der Waals surface area contributed by atoms with Crippen LogP contribution in [0.25, 0.3) is 0 Å². The van der Waals surface area contributed by atoms with E-state index in [1.54, 1.807) is 0 Å². The van der Waals surface area contributed by atoms with E-state index < -0.39 is 45.8 Å². The molecule has 7 nitrogen and oxygen atoms in total. The second kappa shape index (κ2) is 5.56. The molecule has 4 rings (SSSR count). The van der Waals surface area contributed by atoms with Gasteiger partial charge in [-0.05, 0) is 49.9 Å². The van der Waals surface area contributed by atoms with Gasteiger partial charge in [0.15, 0.2) is 12.1 Å². The predicted molar refractivity (Wildman–Crippen MR) is 99.0 cm³/mol. The van der Waals surface area contributed by atoms with Crippen LogP contribution in [0.15, 0.2) is 0 Å². The summed E-state index contributed by atoms with van der Waals surface area (Å²) in [5, 5.41) is 55.8. The quantitative estimate of drug-likeness (QED) is 0.429. The maximum atomic E-state index is 13.5. The fourth-order valence-corrected chi connectivity index (χ4v) is 8.09. The molecule has 0 aliphatic heterocycles. The van der Waals surface area contributed by atoms with Crippen LogP contribution in [-0.2, 0) is 9.53 Å². The highest BCUT2D eigenvalue weighted by molar-refractivity contribution is 5.96. The van der Waals surface area contributed by atoms with E-state index in [2.05, 4.69) is 13.8 Å². The zero-order valence-electron chi connectivity index (χ0n) is 17.2. The van der Waals surface area contributed by atoms with E-state index in [-0.39, 0.29) is 24.2 Å². The molecule has 0 unspecified atom stereocenters. The molecule has 1 spiro atoms. The molecule has 0 saturated heterocycles. The summed E-state index contributed by atoms with van der Waals surface area (Å²) in [5.74, 6) is -0.752. The van der Waals surface area contributed by atoms with Crippen molar-refractivity contribution >= 4 is 5.78 Å². The molecule has 0 heterocycles. The normalized spacial score (nSPS) is 56.1. The monoisotopic (exact) mass is 398 g/mol. The van der Waals surface area contributed by atoms with Gasteiger partial charge >= 0.3 is 0 Å². The highest BCUT2D eigenvalue weighted by Crippen LogP contribution is 2.74. The van der Waals surface area contributed by atoms with Gasteiger partial charge in [0.1, 0.15) is 22.9 Å². The van der Waals surface area contributed by atoms with E-state index in [4.69, 9.17) is 4.74 Å². The number of fused-ring (bicyclic) bond motifs is 3. The maximum Gasteiger partial charge on any atom is 0.196 e. The summed E-state index contributed by atoms with van der Waals surface area (Å²) in [7, 11) is 1.19. The zero-order valence-corrected chi connectivity index (χ0v) is 17.2. The van der Waals surface area contributed by atoms with E-state index in [0.29, 0.717) is 12.8 Å². The van der Waals surface area contributed by atoms with Gasteiger partial charge in [0, 0.05) is 17.9 Å². The summed E-state index contributed by atoms with van der Waals surface area (Å²) < 4.78 is 4.91. The lowest BCUT2D eigenvalue weighted by atomic mass is 9.38. The van der Waals surface area contributed by atoms with Gasteiger partial charge in [0.05, 0.1) is 0 Å². The molecule has 0 aromatic heterocycles. The van der Waals surface area contributed by atoms with Crippen LogP contribution in [-0.4, -0.2) is 67.6 Å². The summed E-state index contributed by atoms with van der Waals surface area (Å²) >= 11 is 0. The van der Waals surface area contributed by atoms with E-state index >= 15 is 0 Å². The van der Waals surface area contributed by atoms with Gasteiger partial charge in [-0.3, -0.25) is 4.79 Å². The Morgan fingerprint density at radius 2 is 1.71 bits per heavy atom. The lowest BCUT2D eigenvalue weighted by molar-refractivity contribution is -0.282. The number of Topliss-reactive ketones (excluding diaryl/α,β-unsaturated/α-hetero) is 1. The molecular weight excluding hydrogens is 364 g/mol. The Bertz CT molecular complexity index is 709. The number of rotatable bonds is 2. The van der Waals surface area contributed by atoms with Crippen LogP contribution in [0, 0.1) is 22.2 Å². The Balaban J connectivity index is 1.92. The molecule has 4 aliphatic carbocycles. The van der Waals surface area contributed by atoms with Crippen molar-refractivity contribution in [1.82, 2.24) is 0 Å². The fourth-order valence-electron chi connectivity index (χ4n) is 8.09. The van der Waals surface area contributed by atoms with Crippen LogP contribution < -0.4 is 0 Å². The Hall–Kier alpha value is -0.570. The zero-order chi connectivity index (χ0) is 21.0. The third-order valence-corrected chi connectivity index (χ3v) is 9.39. The summed E-state index contributed by atoms with van der Waals surface area (Å²) in [6.45, 7) is 6.25. The van der Waals surface area contributed by atoms with Crippen molar-refractivity contribution in [3.05, 3.63) is 0 Å². The van der Waals surface area contributed by atoms with Gasteiger partial charge in [0.2, 0.25) is 0 Å². The fraction of sp³-hybridized carbons (Fsp3) is 0.952. The van der Waals surface area contributed by atoms with Crippen LogP contribution in [0.4, 0.5) is 0 Å². The second-order valence-corrected chi connectivity index (χ2v) is 10.9. The Morgan fingerprint density at radius 1 is 1.07 bits per heavy atom. The van der Waals surface area contributed by atoms with Gasteiger partial charge in [0.25, 0.3) is 0 Å². The summed E-state index contributed by atoms with van der Waals surface area (Å²) in [4.78, 5) is 13.5. The Kier molecular flexibility index (Phi) is 4.11. The number of aliphatic hydroxyl groups excluding tert-OH is 2. The molecule has 8 atom stereocenters. The highest BCUT2D eigenvalue weighted by Gasteiger charge is 2.84. The minimum Gasteiger partial charge on any atom is -0.383 e. The van der Waals surface area contributed by atoms with Gasteiger partial charge in [-0.15, -0.1) is 0 Å². The van der Waals surface area contributed by atoms with Crippen LogP contribution in [0.2, 0.25) is 0 Å². The standard InChI is InChI=1S/C21H34O7/c1-16(2)7-5-8-17(3)12(16)6-9-18-10-19(25,13(22)14(23)21(17,18)27)20(26,11-18)15(24)28-4/h12-13,15,22,24-27H,5-11H2,1-4H3/t12-,13-,15+,17-,18+,19-,20+,21-/m0/s1. The van der Waals surface area contributed by atoms with Crippen molar-refractivity contribution in [2.24, 2.45) is 22.2 Å². The second-order valence-electron chi connectivity index (χ2n) is 10.9. The third-order valence-electron chi connectivity index (χ3n) is 9.39. The van der Waals surface area contributed by atoms with Crippen molar-refractivity contribution in [2.75, 3.05) is 7.11 Å². The predicted octanol–water partition coefficient (Wildman–Crippen LogP) is 0.495. The molecule has 0 amide bonds. The van der Waals surface area contributed by atoms with Crippen molar-refractivity contribution in [3.8, 4) is 0 Å². The van der Waals surface area contributed by atoms with Gasteiger partial charge < -0.3 is 30.3 Å². The summed E-state index contributed by atoms with van der Waals surface area (Å²) in [5.41, 5.74) is -8.36. The van der Waals surface area contributed by atoms with Crippen LogP contribution in [0.3, 0.4) is 0 Å². The molecule has 7 heteroatoms. The number of ether oxygens (including phenoxy) is 1. The van der Waals surface area contributed by atoms with Crippen molar-refractivity contribution < 1.29 is 35.1 Å². The number of methoxy groups -OCH3 is 1. The Labute approximate surface area is 165 Å². The molecule has 4 fully saturated rings. The summed E-state index contributed by atoms with van der Waals surface area (Å²) in [6.07, 6.45) is -0.436. The average Bonchev–Trinajstić information content (AvgIpc) is 2.84. The number of hydrogen-bond acceptors (Lipinski definition) is 7. The molecule has 0 aromatic rings. The third kappa shape index (κ3) is 1.94. The van der Waals surface area contributed by atoms with Gasteiger partial charge in [-0.2, -0.15) is 0 Å². The first-order valence-corrected chi connectivity index (χ1v) is 10.4. The molecule has 4 saturated carbocycles. The van der Waals surface area contributed by atoms with Crippen LogP contribution in [0.5, 0.6) is 0 Å². The molecule has 4 aliphatic rings. The minimum atomic E-state index is -2.26. The largest absolute Gasteiger partial charge is 0.383 e. The van der Waals surface area contributed by atoms with Gasteiger partial charge in [-0.25, -0.2) is 0 Å². The molecule has 0 radical (unpaired) electrons. The van der Waals surface area contributed by atoms with Gasteiger partial charge in [-0.1, -0.05) is 27.2 Å². The SMILES string of the molecule is CO[C@@H](O)[C@]1(O)C[C@]23CC[C@H]4C(C)(C)CCC[C@]4(C)[C@@]2(O)C(=O)[C@H](O)[C@@]1(O)C3. The molecule has 28 heavy (non-hydrogen) atoms. The first kappa shape index (κ1) is 20.7. The minimum absolute atomic E-state index is 0.0652. The number of ketones is 1. The molecule has 2 bridgehead atoms. The van der Waals surface area contributed by atoms with E-state index in [1.165, 1.54) is 7.11 Å². The Morgan fingerprint density at radius 3 is 2.32 bits per heavy atom. The van der Waals surface area contributed by atoms with Crippen molar-refractivity contribution in [2.45, 2.75) is 94.9 Å². The molecule has 5 N–H and O–H groups in total. The average molecular weight is 398 g/mol. The van der Waals surface area contributed by atoms with E-state index in [9.17, 15) is 30.3 Å². The topological polar surface area (TPSA) is 127 Å². The smallest absolute Gasteiger partial charge is 0.196 e. The number of aliphatic hydroxyl groups is 5. The molecule has 160 valence electrons. The maximum absolute atomic E-state index is 13.5. The van der Waals surface area contributed by atoms with E-state index in [1.807, 2.05) is 6.92 Å². The van der Waals surface area contributed by atoms with Crippen molar-refractivity contribution in [1.29, 1.82) is 0 Å². The first-order chi connectivity index (χ1) is 12.8. The van der Waals surface area contributed by atoms with Crippen LogP contribution >= 0.6 is 0 Å². The first-order valence-electron chi connectivity index (χ1n) is 10.4. The van der Waals surface area contributed by atoms with E-state index in [0.717, 1.165) is 19.3 Å². The highest BCUT2D eigenvalue weighted by atomic mass is 16.6. The molecule has 0 aromatic carbocycles. The van der Waals surface area contributed by atoms with Crippen molar-refractivity contribution in [3.63, 3.8) is 0 Å². The molecular formula is C21H34O7. The number of carbonyl (C=O) groups excluding carboxylic acids is 1. The number of carbonyl (C=O) groups is 1. The van der Waals surface area contributed by atoms with Crippen LogP contribution in [0.1, 0.15) is 65.7 Å². The number of hydrogen-bond donors (Lipinski definition) is 5. The lowest BCUT2D eigenvalue weighted by Crippen LogP contribution is -2.76. The summed E-state index contributed by atoms with van der Waals surface area (Å²) in [6, 6.07) is 0. The lowest BCUT2D eigenvalue weighted by Gasteiger charge is -2.67.